The van der Waals surface area contributed by atoms with E-state index < -0.39 is 0 Å². The average Bonchev–Trinajstić information content (AvgIpc) is 2.77. The first kappa shape index (κ1) is 15.5. The number of methoxy groups -OCH3 is 1. The Morgan fingerprint density at radius 3 is 2.65 bits per heavy atom. The van der Waals surface area contributed by atoms with Crippen molar-refractivity contribution in [2.45, 2.75) is 32.6 Å². The fraction of sp³-hybridized carbons (Fsp3) is 0.300. The second-order valence-electron chi connectivity index (χ2n) is 5.91. The zero-order valence-electron chi connectivity index (χ0n) is 13.6. The molecule has 0 saturated heterocycles. The third-order valence-electron chi connectivity index (χ3n) is 4.28. The summed E-state index contributed by atoms with van der Waals surface area (Å²) in [4.78, 5) is 16.7. The summed E-state index contributed by atoms with van der Waals surface area (Å²) in [7, 11) is 1.41. The number of ether oxygens (including phenoxy) is 1. The fourth-order valence-electron chi connectivity index (χ4n) is 3.07. The van der Waals surface area contributed by atoms with Crippen molar-refractivity contribution in [2.24, 2.45) is 0 Å². The Morgan fingerprint density at radius 2 is 1.91 bits per heavy atom. The number of carbonyl (C=O) groups is 1. The van der Waals surface area contributed by atoms with Gasteiger partial charge >= 0.3 is 5.97 Å². The van der Waals surface area contributed by atoms with Crippen LogP contribution in [0.1, 0.15) is 52.1 Å². The Kier molecular flexibility index (Phi) is 4.56. The maximum absolute atomic E-state index is 11.9. The number of hydrogen-bond acceptors (Lipinski definition) is 3. The lowest BCUT2D eigenvalue weighted by atomic mass is 9.99. The zero-order valence-corrected chi connectivity index (χ0v) is 13.6. The minimum atomic E-state index is -0.310. The summed E-state index contributed by atoms with van der Waals surface area (Å²) >= 11 is 0. The van der Waals surface area contributed by atoms with Crippen LogP contribution in [-0.2, 0) is 11.2 Å². The van der Waals surface area contributed by atoms with Crippen LogP contribution in [0.3, 0.4) is 0 Å². The number of esters is 1. The van der Waals surface area contributed by atoms with E-state index in [1.807, 2.05) is 31.2 Å². The molecule has 0 fully saturated rings. The highest BCUT2D eigenvalue weighted by molar-refractivity contribution is 5.91. The number of benzene rings is 1. The number of pyridine rings is 1. The lowest BCUT2D eigenvalue weighted by molar-refractivity contribution is 0.0599. The van der Waals surface area contributed by atoms with E-state index in [1.54, 1.807) is 0 Å². The summed E-state index contributed by atoms with van der Waals surface area (Å²) in [5.41, 5.74) is 5.94. The van der Waals surface area contributed by atoms with E-state index >= 15 is 0 Å². The van der Waals surface area contributed by atoms with Gasteiger partial charge in [0.2, 0.25) is 0 Å². The van der Waals surface area contributed by atoms with Crippen LogP contribution in [-0.4, -0.2) is 18.1 Å². The van der Waals surface area contributed by atoms with Crippen molar-refractivity contribution in [3.05, 3.63) is 64.5 Å². The summed E-state index contributed by atoms with van der Waals surface area (Å²) in [5.74, 6) is -0.310. The molecule has 3 rings (SSSR count). The van der Waals surface area contributed by atoms with Gasteiger partial charge < -0.3 is 4.74 Å². The smallest absolute Gasteiger partial charge is 0.339 e. The monoisotopic (exact) mass is 307 g/mol. The quantitative estimate of drug-likeness (QED) is 0.608. The summed E-state index contributed by atoms with van der Waals surface area (Å²) in [6.07, 6.45) is 6.45. The molecule has 0 amide bonds. The Labute approximate surface area is 137 Å². The molecule has 0 saturated carbocycles. The first-order valence-corrected chi connectivity index (χ1v) is 8.04. The average molecular weight is 307 g/mol. The molecule has 0 bridgehead atoms. The van der Waals surface area contributed by atoms with Crippen molar-refractivity contribution >= 4 is 17.6 Å². The Bertz CT molecular complexity index is 748. The largest absolute Gasteiger partial charge is 0.465 e. The van der Waals surface area contributed by atoms with Gasteiger partial charge in [-0.1, -0.05) is 30.3 Å². The van der Waals surface area contributed by atoms with Crippen LogP contribution in [0.2, 0.25) is 0 Å². The zero-order chi connectivity index (χ0) is 16.2. The molecule has 0 aliphatic heterocycles. The number of carbonyl (C=O) groups excluding carboxylic acids is 1. The molecule has 1 heterocycles. The van der Waals surface area contributed by atoms with E-state index in [0.717, 1.165) is 42.6 Å². The molecule has 0 radical (unpaired) electrons. The van der Waals surface area contributed by atoms with Gasteiger partial charge in [-0.2, -0.15) is 0 Å². The molecular weight excluding hydrogens is 286 g/mol. The lowest BCUT2D eigenvalue weighted by Crippen LogP contribution is -2.09. The van der Waals surface area contributed by atoms with Gasteiger partial charge in [-0.15, -0.1) is 0 Å². The summed E-state index contributed by atoms with van der Waals surface area (Å²) in [5, 5.41) is 0. The van der Waals surface area contributed by atoms with E-state index in [1.165, 1.54) is 18.2 Å². The normalized spacial score (nSPS) is 15.8. The molecule has 0 atom stereocenters. The van der Waals surface area contributed by atoms with Crippen LogP contribution in [0, 0.1) is 6.92 Å². The number of nitrogens with zero attached hydrogens (tertiary/aromatic N) is 1. The first-order valence-electron chi connectivity index (χ1n) is 8.04. The van der Waals surface area contributed by atoms with Gasteiger partial charge in [0.1, 0.15) is 0 Å². The number of rotatable bonds is 2. The fourth-order valence-corrected chi connectivity index (χ4v) is 3.07. The van der Waals surface area contributed by atoms with Crippen LogP contribution in [0.25, 0.3) is 11.6 Å². The van der Waals surface area contributed by atoms with Crippen LogP contribution >= 0.6 is 0 Å². The van der Waals surface area contributed by atoms with Crippen LogP contribution < -0.4 is 0 Å². The van der Waals surface area contributed by atoms with Gasteiger partial charge in [-0.05, 0) is 61.4 Å². The summed E-state index contributed by atoms with van der Waals surface area (Å²) in [6.45, 7) is 1.87. The molecule has 0 unspecified atom stereocenters. The Morgan fingerprint density at radius 1 is 1.17 bits per heavy atom. The maximum atomic E-state index is 11.9. The highest BCUT2D eigenvalue weighted by Gasteiger charge is 2.19. The molecule has 1 aromatic carbocycles. The van der Waals surface area contributed by atoms with Crippen molar-refractivity contribution in [1.29, 1.82) is 0 Å². The third-order valence-corrected chi connectivity index (χ3v) is 4.28. The molecule has 3 heteroatoms. The van der Waals surface area contributed by atoms with Gasteiger partial charge in [0.25, 0.3) is 0 Å². The highest BCUT2D eigenvalue weighted by Crippen LogP contribution is 2.31. The molecule has 1 aliphatic carbocycles. The van der Waals surface area contributed by atoms with E-state index in [-0.39, 0.29) is 5.97 Å². The number of hydrogen-bond donors (Lipinski definition) is 0. The molecule has 118 valence electrons. The minimum absolute atomic E-state index is 0.310. The van der Waals surface area contributed by atoms with Gasteiger partial charge in [0.15, 0.2) is 0 Å². The van der Waals surface area contributed by atoms with E-state index in [0.29, 0.717) is 5.56 Å². The molecule has 0 spiro atoms. The maximum Gasteiger partial charge on any atom is 0.339 e. The first-order chi connectivity index (χ1) is 11.2. The molecule has 1 aliphatic rings. The second-order valence-corrected chi connectivity index (χ2v) is 5.91. The van der Waals surface area contributed by atoms with Crippen LogP contribution in [0.4, 0.5) is 0 Å². The predicted molar refractivity (Wildman–Crippen MR) is 92.2 cm³/mol. The van der Waals surface area contributed by atoms with Crippen molar-refractivity contribution in [3.63, 3.8) is 0 Å². The van der Waals surface area contributed by atoms with E-state index in [4.69, 9.17) is 9.72 Å². The molecular formula is C20H21NO2. The number of fused-ring (bicyclic) bond motifs is 1. The van der Waals surface area contributed by atoms with Gasteiger partial charge in [0, 0.05) is 0 Å². The topological polar surface area (TPSA) is 39.2 Å². The molecule has 2 aromatic rings. The molecule has 3 nitrogen and oxygen atoms in total. The van der Waals surface area contributed by atoms with Crippen molar-refractivity contribution in [1.82, 2.24) is 4.98 Å². The molecule has 1 aromatic heterocycles. The third kappa shape index (κ3) is 3.34. The predicted octanol–water partition coefficient (Wildman–Crippen LogP) is 4.44. The Hall–Kier alpha value is -2.42. The summed E-state index contributed by atoms with van der Waals surface area (Å²) < 4.78 is 4.87. The second kappa shape index (κ2) is 6.78. The SMILES string of the molecule is COC(=O)c1cc2c(nc1C)/C(=C/c1ccccc1)CCCC2. The molecule has 0 N–H and O–H groups in total. The van der Waals surface area contributed by atoms with Gasteiger partial charge in [-0.25, -0.2) is 4.79 Å². The number of allylic oxidation sites excluding steroid dienone is 1. The molecule has 23 heavy (non-hydrogen) atoms. The van der Waals surface area contributed by atoms with Gasteiger partial charge in [0.05, 0.1) is 24.1 Å². The lowest BCUT2D eigenvalue weighted by Gasteiger charge is -2.12. The minimum Gasteiger partial charge on any atom is -0.465 e. The van der Waals surface area contributed by atoms with Crippen molar-refractivity contribution in [2.75, 3.05) is 7.11 Å². The van der Waals surface area contributed by atoms with Crippen molar-refractivity contribution < 1.29 is 9.53 Å². The Balaban J connectivity index is 2.09. The standard InChI is InChI=1S/C20H21NO2/c1-14-18(20(22)23-2)13-17-11-7-6-10-16(19(17)21-14)12-15-8-4-3-5-9-15/h3-5,8-9,12-13H,6-7,10-11H2,1-2H3/b16-12+. The number of aryl methyl sites for hydroxylation is 2. The highest BCUT2D eigenvalue weighted by atomic mass is 16.5. The van der Waals surface area contributed by atoms with Gasteiger partial charge in [-0.3, -0.25) is 4.98 Å². The van der Waals surface area contributed by atoms with Crippen molar-refractivity contribution in [3.8, 4) is 0 Å². The van der Waals surface area contributed by atoms with E-state index in [2.05, 4.69) is 18.2 Å². The summed E-state index contributed by atoms with van der Waals surface area (Å²) in [6, 6.07) is 12.3. The van der Waals surface area contributed by atoms with Crippen LogP contribution in [0.15, 0.2) is 36.4 Å². The van der Waals surface area contributed by atoms with E-state index in [9.17, 15) is 4.79 Å². The van der Waals surface area contributed by atoms with Crippen LogP contribution in [0.5, 0.6) is 0 Å². The number of aromatic nitrogens is 1.